The summed E-state index contributed by atoms with van der Waals surface area (Å²) in [4.78, 5) is 10.5. The molecule has 5 nitrogen and oxygen atoms in total. The number of benzene rings is 2. The van der Waals surface area contributed by atoms with Crippen LogP contribution in [-0.4, -0.2) is 14.4 Å². The molecule has 110 valence electrons. The summed E-state index contributed by atoms with van der Waals surface area (Å²) in [7, 11) is -4.15. The van der Waals surface area contributed by atoms with Crippen molar-refractivity contribution in [1.82, 2.24) is 0 Å². The maximum atomic E-state index is 13.3. The van der Waals surface area contributed by atoms with Gasteiger partial charge in [0.25, 0.3) is 10.0 Å². The molecule has 0 spiro atoms. The summed E-state index contributed by atoms with van der Waals surface area (Å²) in [5.74, 6) is -2.43. The van der Waals surface area contributed by atoms with Crippen LogP contribution in [0.1, 0.15) is 10.4 Å². The van der Waals surface area contributed by atoms with Crippen LogP contribution in [0.5, 0.6) is 0 Å². The minimum atomic E-state index is -4.15. The molecular weight excluding hydrogens is 321 g/mol. The number of aromatic carboxylic acids is 1. The normalized spacial score (nSPS) is 11.1. The van der Waals surface area contributed by atoms with Gasteiger partial charge in [-0.05, 0) is 24.3 Å². The van der Waals surface area contributed by atoms with Crippen molar-refractivity contribution in [2.45, 2.75) is 4.90 Å². The van der Waals surface area contributed by atoms with Crippen LogP contribution in [0.25, 0.3) is 0 Å². The lowest BCUT2D eigenvalue weighted by molar-refractivity contribution is -0.254. The summed E-state index contributed by atoms with van der Waals surface area (Å²) in [6, 6.07) is 8.26. The summed E-state index contributed by atoms with van der Waals surface area (Å²) in [5, 5.41) is 10.7. The first kappa shape index (κ1) is 15.3. The molecule has 0 aliphatic rings. The van der Waals surface area contributed by atoms with E-state index in [9.17, 15) is 22.7 Å². The molecule has 0 atom stereocenters. The number of anilines is 1. The van der Waals surface area contributed by atoms with Crippen LogP contribution >= 0.6 is 11.6 Å². The van der Waals surface area contributed by atoms with Crippen molar-refractivity contribution >= 4 is 33.3 Å². The number of sulfonamides is 1. The lowest BCUT2D eigenvalue weighted by Gasteiger charge is -2.13. The van der Waals surface area contributed by atoms with Gasteiger partial charge in [-0.15, -0.1) is 0 Å². The number of carbonyl (C=O) groups is 1. The molecule has 0 amide bonds. The van der Waals surface area contributed by atoms with Gasteiger partial charge in [-0.1, -0.05) is 29.8 Å². The molecule has 2 aromatic rings. The van der Waals surface area contributed by atoms with Crippen molar-refractivity contribution in [3.05, 3.63) is 58.9 Å². The second-order valence-electron chi connectivity index (χ2n) is 4.01. The molecule has 0 unspecified atom stereocenters. The fraction of sp³-hybridized carbons (Fsp3) is 0. The number of hydrogen-bond donors (Lipinski definition) is 1. The lowest BCUT2D eigenvalue weighted by Crippen LogP contribution is -2.24. The molecule has 2 aromatic carbocycles. The van der Waals surface area contributed by atoms with Crippen LogP contribution in [-0.2, 0) is 10.0 Å². The maximum Gasteiger partial charge on any atom is 0.262 e. The Morgan fingerprint density at radius 2 is 1.86 bits per heavy atom. The molecule has 0 radical (unpaired) electrons. The maximum absolute atomic E-state index is 13.3. The Kier molecular flexibility index (Phi) is 4.15. The van der Waals surface area contributed by atoms with E-state index >= 15 is 0 Å². The molecule has 0 saturated heterocycles. The van der Waals surface area contributed by atoms with Crippen LogP contribution in [0, 0.1) is 5.82 Å². The molecule has 0 aliphatic heterocycles. The molecule has 2 rings (SSSR count). The summed E-state index contributed by atoms with van der Waals surface area (Å²) in [6.07, 6.45) is 0. The van der Waals surface area contributed by atoms with Crippen molar-refractivity contribution in [2.75, 3.05) is 4.72 Å². The predicted molar refractivity (Wildman–Crippen MR) is 73.0 cm³/mol. The van der Waals surface area contributed by atoms with Crippen molar-refractivity contribution in [3.8, 4) is 0 Å². The number of carboxylic acid groups (broad SMARTS) is 1. The average molecular weight is 329 g/mol. The fourth-order valence-electron chi connectivity index (χ4n) is 1.60. The molecule has 0 heterocycles. The lowest BCUT2D eigenvalue weighted by atomic mass is 10.2. The standard InChI is InChI=1S/C13H9ClFNO4S/c14-10-6-5-8(7-11(10)15)21(19,20)16-12-4-2-1-3-9(12)13(17)18/h1-7,16H,(H,17,18)/p-1. The Morgan fingerprint density at radius 3 is 2.48 bits per heavy atom. The number of halogens is 2. The van der Waals surface area contributed by atoms with Crippen LogP contribution < -0.4 is 9.83 Å². The predicted octanol–water partition coefficient (Wildman–Crippen LogP) is 1.64. The number of para-hydroxylation sites is 1. The Bertz CT molecular complexity index is 808. The quantitative estimate of drug-likeness (QED) is 0.924. The van der Waals surface area contributed by atoms with Gasteiger partial charge in [0.05, 0.1) is 21.6 Å². The van der Waals surface area contributed by atoms with Crippen LogP contribution in [0.3, 0.4) is 0 Å². The SMILES string of the molecule is O=C([O-])c1ccccc1NS(=O)(=O)c1ccc(Cl)c(F)c1. The Labute approximate surface area is 125 Å². The first-order valence-electron chi connectivity index (χ1n) is 5.59. The van der Waals surface area contributed by atoms with Gasteiger partial charge in [0.15, 0.2) is 0 Å². The van der Waals surface area contributed by atoms with Gasteiger partial charge in [0.2, 0.25) is 0 Å². The van der Waals surface area contributed by atoms with E-state index in [1.807, 2.05) is 0 Å². The summed E-state index contributed by atoms with van der Waals surface area (Å²) < 4.78 is 39.6. The molecule has 0 fully saturated rings. The van der Waals surface area contributed by atoms with Crippen molar-refractivity contribution in [2.24, 2.45) is 0 Å². The van der Waals surface area contributed by atoms with Crippen molar-refractivity contribution < 1.29 is 22.7 Å². The van der Waals surface area contributed by atoms with Crippen LogP contribution in [0.4, 0.5) is 10.1 Å². The van der Waals surface area contributed by atoms with Crippen molar-refractivity contribution in [1.29, 1.82) is 0 Å². The van der Waals surface area contributed by atoms with E-state index in [1.165, 1.54) is 24.3 Å². The molecular formula is C13H8ClFNO4S-. The molecule has 8 heteroatoms. The third-order valence-electron chi connectivity index (χ3n) is 2.59. The third kappa shape index (κ3) is 3.32. The third-order valence-corrected chi connectivity index (χ3v) is 4.26. The second-order valence-corrected chi connectivity index (χ2v) is 6.10. The molecule has 21 heavy (non-hydrogen) atoms. The summed E-state index contributed by atoms with van der Waals surface area (Å²) >= 11 is 5.48. The average Bonchev–Trinajstić information content (AvgIpc) is 2.41. The van der Waals surface area contributed by atoms with E-state index in [0.29, 0.717) is 0 Å². The summed E-state index contributed by atoms with van der Waals surface area (Å²) in [6.45, 7) is 0. The molecule has 0 aromatic heterocycles. The van der Waals surface area contributed by atoms with E-state index in [-0.39, 0.29) is 21.2 Å². The highest BCUT2D eigenvalue weighted by atomic mass is 35.5. The topological polar surface area (TPSA) is 86.3 Å². The molecule has 0 bridgehead atoms. The second kappa shape index (κ2) is 5.71. The number of nitrogens with one attached hydrogen (secondary N) is 1. The Morgan fingerprint density at radius 1 is 1.19 bits per heavy atom. The smallest absolute Gasteiger partial charge is 0.262 e. The van der Waals surface area contributed by atoms with Gasteiger partial charge in [-0.25, -0.2) is 12.8 Å². The first-order valence-corrected chi connectivity index (χ1v) is 7.45. The van der Waals surface area contributed by atoms with E-state index in [0.717, 1.165) is 18.2 Å². The minimum absolute atomic E-state index is 0.173. The Hall–Kier alpha value is -2.12. The summed E-state index contributed by atoms with van der Waals surface area (Å²) in [5.41, 5.74) is -0.497. The first-order chi connectivity index (χ1) is 9.81. The largest absolute Gasteiger partial charge is 0.545 e. The fourth-order valence-corrected chi connectivity index (χ4v) is 2.81. The van der Waals surface area contributed by atoms with Gasteiger partial charge >= 0.3 is 0 Å². The van der Waals surface area contributed by atoms with Gasteiger partial charge < -0.3 is 9.90 Å². The van der Waals surface area contributed by atoms with Gasteiger partial charge in [-0.2, -0.15) is 0 Å². The monoisotopic (exact) mass is 328 g/mol. The Balaban J connectivity index is 2.42. The molecule has 0 saturated carbocycles. The van der Waals surface area contributed by atoms with E-state index < -0.39 is 21.8 Å². The van der Waals surface area contributed by atoms with E-state index in [1.54, 1.807) is 0 Å². The number of hydrogen-bond acceptors (Lipinski definition) is 4. The van der Waals surface area contributed by atoms with Gasteiger partial charge in [-0.3, -0.25) is 4.72 Å². The van der Waals surface area contributed by atoms with Gasteiger partial charge in [0.1, 0.15) is 5.82 Å². The molecule has 0 aliphatic carbocycles. The zero-order valence-electron chi connectivity index (χ0n) is 10.3. The van der Waals surface area contributed by atoms with Crippen molar-refractivity contribution in [3.63, 3.8) is 0 Å². The number of carboxylic acids is 1. The highest BCUT2D eigenvalue weighted by molar-refractivity contribution is 7.92. The highest BCUT2D eigenvalue weighted by Gasteiger charge is 2.17. The van der Waals surface area contributed by atoms with Gasteiger partial charge in [0, 0.05) is 5.56 Å². The molecule has 1 N–H and O–H groups in total. The van der Waals surface area contributed by atoms with E-state index in [4.69, 9.17) is 11.6 Å². The zero-order chi connectivity index (χ0) is 15.6. The van der Waals surface area contributed by atoms with Crippen LogP contribution in [0.2, 0.25) is 5.02 Å². The minimum Gasteiger partial charge on any atom is -0.545 e. The van der Waals surface area contributed by atoms with E-state index in [2.05, 4.69) is 4.72 Å². The highest BCUT2D eigenvalue weighted by Crippen LogP contribution is 2.22. The zero-order valence-corrected chi connectivity index (χ0v) is 11.9. The number of carbonyl (C=O) groups excluding carboxylic acids is 1. The number of rotatable bonds is 4. The van der Waals surface area contributed by atoms with Crippen LogP contribution in [0.15, 0.2) is 47.4 Å².